The fourth-order valence-electron chi connectivity index (χ4n) is 1.97. The summed E-state index contributed by atoms with van der Waals surface area (Å²) in [6.07, 6.45) is -0.787. The van der Waals surface area contributed by atoms with Gasteiger partial charge in [0.25, 0.3) is 0 Å². The van der Waals surface area contributed by atoms with E-state index < -0.39 is 11.9 Å². The highest BCUT2D eigenvalue weighted by Crippen LogP contribution is 2.29. The quantitative estimate of drug-likeness (QED) is 0.373. The summed E-state index contributed by atoms with van der Waals surface area (Å²) in [7, 11) is 1.61. The molecule has 2 heterocycles. The fourth-order valence-corrected chi connectivity index (χ4v) is 2.71. The van der Waals surface area contributed by atoms with E-state index in [-0.39, 0.29) is 30.5 Å². The first-order chi connectivity index (χ1) is 11.4. The van der Waals surface area contributed by atoms with Crippen LogP contribution >= 0.6 is 35.3 Å². The summed E-state index contributed by atoms with van der Waals surface area (Å²) in [5.41, 5.74) is -0.861. The van der Waals surface area contributed by atoms with Crippen molar-refractivity contribution >= 4 is 41.3 Å². The van der Waals surface area contributed by atoms with Crippen LogP contribution < -0.4 is 10.6 Å². The SMILES string of the molecule is CN=C(NCc1nc(C(F)(F)F)cs1)NCC(C)Cn1cccn1.I. The largest absolute Gasteiger partial charge is 0.434 e. The van der Waals surface area contributed by atoms with E-state index in [2.05, 4.69) is 32.6 Å². The van der Waals surface area contributed by atoms with Crippen molar-refractivity contribution in [3.8, 4) is 0 Å². The van der Waals surface area contributed by atoms with Crippen LogP contribution in [0.1, 0.15) is 17.6 Å². The molecule has 2 aromatic rings. The zero-order valence-electron chi connectivity index (χ0n) is 13.7. The maximum absolute atomic E-state index is 12.5. The van der Waals surface area contributed by atoms with Crippen LogP contribution in [0.2, 0.25) is 0 Å². The van der Waals surface area contributed by atoms with E-state index in [4.69, 9.17) is 0 Å². The molecule has 11 heteroatoms. The summed E-state index contributed by atoms with van der Waals surface area (Å²) >= 11 is 0.968. The van der Waals surface area contributed by atoms with Gasteiger partial charge in [-0.3, -0.25) is 9.67 Å². The van der Waals surface area contributed by atoms with E-state index in [1.807, 2.05) is 16.9 Å². The summed E-state index contributed by atoms with van der Waals surface area (Å²) in [6.45, 7) is 3.68. The van der Waals surface area contributed by atoms with Gasteiger partial charge >= 0.3 is 6.18 Å². The van der Waals surface area contributed by atoms with Gasteiger partial charge in [-0.25, -0.2) is 4.98 Å². The van der Waals surface area contributed by atoms with Crippen molar-refractivity contribution in [1.82, 2.24) is 25.4 Å². The lowest BCUT2D eigenvalue weighted by Gasteiger charge is -2.15. The van der Waals surface area contributed by atoms with Crippen LogP contribution in [-0.4, -0.2) is 34.3 Å². The third-order valence-corrected chi connectivity index (χ3v) is 4.00. The Hall–Kier alpha value is -1.37. The van der Waals surface area contributed by atoms with Crippen molar-refractivity contribution in [1.29, 1.82) is 0 Å². The molecule has 0 aliphatic heterocycles. The Morgan fingerprint density at radius 3 is 2.72 bits per heavy atom. The zero-order valence-corrected chi connectivity index (χ0v) is 16.9. The first kappa shape index (κ1) is 21.7. The summed E-state index contributed by atoms with van der Waals surface area (Å²) < 4.78 is 39.4. The highest BCUT2D eigenvalue weighted by Gasteiger charge is 2.33. The molecule has 0 bridgehead atoms. The molecule has 0 amide bonds. The lowest BCUT2D eigenvalue weighted by atomic mass is 10.2. The summed E-state index contributed by atoms with van der Waals surface area (Å²) in [4.78, 5) is 7.62. The number of rotatable bonds is 6. The number of hydrogen-bond donors (Lipinski definition) is 2. The zero-order chi connectivity index (χ0) is 17.6. The van der Waals surface area contributed by atoms with Gasteiger partial charge in [0.1, 0.15) is 5.01 Å². The molecule has 6 nitrogen and oxygen atoms in total. The van der Waals surface area contributed by atoms with Gasteiger partial charge in [-0.1, -0.05) is 6.92 Å². The lowest BCUT2D eigenvalue weighted by Crippen LogP contribution is -2.39. The van der Waals surface area contributed by atoms with E-state index in [9.17, 15) is 13.2 Å². The number of halogens is 4. The number of alkyl halides is 3. The number of thiazole rings is 1. The van der Waals surface area contributed by atoms with Crippen LogP contribution in [0.25, 0.3) is 0 Å². The molecule has 0 aliphatic rings. The van der Waals surface area contributed by atoms with E-state index >= 15 is 0 Å². The minimum Gasteiger partial charge on any atom is -0.356 e. The summed E-state index contributed by atoms with van der Waals surface area (Å²) in [6, 6.07) is 1.86. The molecule has 0 fully saturated rings. The third-order valence-electron chi connectivity index (χ3n) is 3.15. The maximum Gasteiger partial charge on any atom is 0.434 e. The van der Waals surface area contributed by atoms with Gasteiger partial charge in [-0.05, 0) is 12.0 Å². The predicted molar refractivity (Wildman–Crippen MR) is 102 cm³/mol. The predicted octanol–water partition coefficient (Wildman–Crippen LogP) is 2.98. The summed E-state index contributed by atoms with van der Waals surface area (Å²) in [5, 5.41) is 11.6. The third kappa shape index (κ3) is 7.18. The minimum absolute atomic E-state index is 0. The number of guanidine groups is 1. The van der Waals surface area contributed by atoms with Crippen molar-refractivity contribution in [2.75, 3.05) is 13.6 Å². The topological polar surface area (TPSA) is 67.1 Å². The van der Waals surface area contributed by atoms with Gasteiger partial charge in [-0.15, -0.1) is 35.3 Å². The maximum atomic E-state index is 12.5. The molecule has 0 radical (unpaired) electrons. The average Bonchev–Trinajstić information content (AvgIpc) is 3.18. The van der Waals surface area contributed by atoms with Crippen LogP contribution in [0.4, 0.5) is 13.2 Å². The van der Waals surface area contributed by atoms with Crippen molar-refractivity contribution in [2.24, 2.45) is 10.9 Å². The molecular formula is C14H20F3IN6S. The highest BCUT2D eigenvalue weighted by atomic mass is 127. The molecule has 2 aromatic heterocycles. The second kappa shape index (κ2) is 9.94. The molecular weight excluding hydrogens is 468 g/mol. The average molecular weight is 488 g/mol. The van der Waals surface area contributed by atoms with Crippen molar-refractivity contribution in [3.05, 3.63) is 34.5 Å². The first-order valence-corrected chi connectivity index (χ1v) is 8.20. The van der Waals surface area contributed by atoms with Gasteiger partial charge < -0.3 is 10.6 Å². The molecule has 1 atom stereocenters. The van der Waals surface area contributed by atoms with Crippen LogP contribution in [-0.2, 0) is 19.3 Å². The molecule has 0 aromatic carbocycles. The smallest absolute Gasteiger partial charge is 0.356 e. The van der Waals surface area contributed by atoms with E-state index in [0.717, 1.165) is 23.3 Å². The molecule has 0 saturated heterocycles. The molecule has 2 N–H and O–H groups in total. The molecule has 25 heavy (non-hydrogen) atoms. The summed E-state index contributed by atoms with van der Waals surface area (Å²) in [5.74, 6) is 0.825. The number of nitrogens with one attached hydrogen (secondary N) is 2. The molecule has 0 spiro atoms. The van der Waals surface area contributed by atoms with Crippen LogP contribution in [0.15, 0.2) is 28.8 Å². The number of aromatic nitrogens is 3. The van der Waals surface area contributed by atoms with Gasteiger partial charge in [0.2, 0.25) is 0 Å². The Bertz CT molecular complexity index is 656. The van der Waals surface area contributed by atoms with E-state index in [0.29, 0.717) is 23.4 Å². The number of hydrogen-bond acceptors (Lipinski definition) is 4. The molecule has 1 unspecified atom stereocenters. The highest BCUT2D eigenvalue weighted by molar-refractivity contribution is 14.0. The normalized spacial score (nSPS) is 13.2. The molecule has 2 rings (SSSR count). The molecule has 140 valence electrons. The van der Waals surface area contributed by atoms with Crippen molar-refractivity contribution < 1.29 is 13.2 Å². The van der Waals surface area contributed by atoms with Gasteiger partial charge in [0.15, 0.2) is 11.7 Å². The standard InChI is InChI=1S/C14H19F3N6S.HI/c1-10(8-23-5-3-4-21-23)6-19-13(18-2)20-7-12-22-11(9-24-12)14(15,16)17;/h3-5,9-10H,6-8H2,1-2H3,(H2,18,19,20);1H. The van der Waals surface area contributed by atoms with Crippen LogP contribution in [0.5, 0.6) is 0 Å². The Labute approximate surface area is 165 Å². The Kier molecular flexibility index (Phi) is 8.62. The Balaban J connectivity index is 0.00000312. The second-order valence-corrected chi connectivity index (χ2v) is 6.21. The van der Waals surface area contributed by atoms with Crippen LogP contribution in [0, 0.1) is 5.92 Å². The Morgan fingerprint density at radius 1 is 1.40 bits per heavy atom. The van der Waals surface area contributed by atoms with Crippen molar-refractivity contribution in [2.45, 2.75) is 26.2 Å². The van der Waals surface area contributed by atoms with E-state index in [1.165, 1.54) is 0 Å². The van der Waals surface area contributed by atoms with E-state index in [1.54, 1.807) is 13.2 Å². The molecule has 0 aliphatic carbocycles. The molecule has 0 saturated carbocycles. The number of aliphatic imine (C=N–C) groups is 1. The Morgan fingerprint density at radius 2 is 2.16 bits per heavy atom. The first-order valence-electron chi connectivity index (χ1n) is 7.32. The minimum atomic E-state index is -4.41. The lowest BCUT2D eigenvalue weighted by molar-refractivity contribution is -0.140. The van der Waals surface area contributed by atoms with Crippen molar-refractivity contribution in [3.63, 3.8) is 0 Å². The number of nitrogens with zero attached hydrogens (tertiary/aromatic N) is 4. The van der Waals surface area contributed by atoms with Gasteiger partial charge in [0.05, 0.1) is 6.54 Å². The van der Waals surface area contributed by atoms with Gasteiger partial charge in [-0.2, -0.15) is 18.3 Å². The fraction of sp³-hybridized carbons (Fsp3) is 0.500. The van der Waals surface area contributed by atoms with Gasteiger partial charge in [0, 0.05) is 37.9 Å². The van der Waals surface area contributed by atoms with Crippen LogP contribution in [0.3, 0.4) is 0 Å². The second-order valence-electron chi connectivity index (χ2n) is 5.26. The monoisotopic (exact) mass is 488 g/mol.